The maximum absolute atomic E-state index is 5.41. The molecule has 1 N–H and O–H groups in total. The lowest BCUT2D eigenvalue weighted by Gasteiger charge is -2.23. The largest absolute Gasteiger partial charge is 0.493 e. The van der Waals surface area contributed by atoms with Crippen LogP contribution in [-0.2, 0) is 6.54 Å². The highest BCUT2D eigenvalue weighted by Crippen LogP contribution is 2.30. The first-order chi connectivity index (χ1) is 8.54. The standard InChI is InChI=1S/C15H25NO2/c1-6-15(2,3)11-16-10-12-8-7-9-13(17-4)14(12)18-5/h7-9,16H,6,10-11H2,1-5H3. The van der Waals surface area contributed by atoms with Gasteiger partial charge >= 0.3 is 0 Å². The van der Waals surface area contributed by atoms with Crippen molar-refractivity contribution < 1.29 is 9.47 Å². The van der Waals surface area contributed by atoms with Crippen molar-refractivity contribution in [2.45, 2.75) is 33.7 Å². The lowest BCUT2D eigenvalue weighted by molar-refractivity contribution is 0.323. The Bertz CT molecular complexity index is 375. The minimum atomic E-state index is 0.325. The second-order valence-corrected chi connectivity index (χ2v) is 5.27. The van der Waals surface area contributed by atoms with E-state index in [1.54, 1.807) is 14.2 Å². The topological polar surface area (TPSA) is 30.5 Å². The van der Waals surface area contributed by atoms with Crippen molar-refractivity contribution in [2.24, 2.45) is 5.41 Å². The van der Waals surface area contributed by atoms with Gasteiger partial charge in [0.05, 0.1) is 14.2 Å². The molecular weight excluding hydrogens is 226 g/mol. The third-order valence-electron chi connectivity index (χ3n) is 3.36. The Hall–Kier alpha value is -1.22. The lowest BCUT2D eigenvalue weighted by atomic mass is 9.90. The van der Waals surface area contributed by atoms with Crippen molar-refractivity contribution >= 4 is 0 Å². The van der Waals surface area contributed by atoms with Crippen LogP contribution in [-0.4, -0.2) is 20.8 Å². The van der Waals surface area contributed by atoms with Crippen molar-refractivity contribution in [3.8, 4) is 11.5 Å². The van der Waals surface area contributed by atoms with Gasteiger partial charge in [0.2, 0.25) is 0 Å². The number of ether oxygens (including phenoxy) is 2. The average molecular weight is 251 g/mol. The van der Waals surface area contributed by atoms with Gasteiger partial charge < -0.3 is 14.8 Å². The molecule has 1 aromatic rings. The normalized spacial score (nSPS) is 11.4. The summed E-state index contributed by atoms with van der Waals surface area (Å²) in [5, 5.41) is 3.48. The maximum Gasteiger partial charge on any atom is 0.165 e. The molecule has 3 heteroatoms. The van der Waals surface area contributed by atoms with Gasteiger partial charge in [-0.1, -0.05) is 32.9 Å². The Morgan fingerprint density at radius 3 is 2.44 bits per heavy atom. The Labute approximate surface area is 110 Å². The molecule has 3 nitrogen and oxygen atoms in total. The summed E-state index contributed by atoms with van der Waals surface area (Å²) in [6.07, 6.45) is 1.16. The average Bonchev–Trinajstić information content (AvgIpc) is 2.38. The highest BCUT2D eigenvalue weighted by molar-refractivity contribution is 5.46. The molecule has 0 bridgehead atoms. The SMILES string of the molecule is CCC(C)(C)CNCc1cccc(OC)c1OC. The van der Waals surface area contributed by atoms with Crippen LogP contribution in [0, 0.1) is 5.41 Å². The predicted molar refractivity (Wildman–Crippen MR) is 75.3 cm³/mol. The number of para-hydroxylation sites is 1. The minimum Gasteiger partial charge on any atom is -0.493 e. The van der Waals surface area contributed by atoms with E-state index >= 15 is 0 Å². The Kier molecular flexibility index (Phi) is 5.48. The maximum atomic E-state index is 5.41. The molecule has 0 amide bonds. The fourth-order valence-corrected chi connectivity index (χ4v) is 1.75. The van der Waals surface area contributed by atoms with Gasteiger partial charge in [-0.3, -0.25) is 0 Å². The molecule has 1 aromatic carbocycles. The van der Waals surface area contributed by atoms with Crippen LogP contribution in [0.15, 0.2) is 18.2 Å². The molecule has 0 fully saturated rings. The molecule has 1 rings (SSSR count). The molecule has 102 valence electrons. The fraction of sp³-hybridized carbons (Fsp3) is 0.600. The zero-order valence-corrected chi connectivity index (χ0v) is 12.2. The molecule has 0 saturated heterocycles. The van der Waals surface area contributed by atoms with E-state index in [-0.39, 0.29) is 0 Å². The highest BCUT2D eigenvalue weighted by atomic mass is 16.5. The van der Waals surface area contributed by atoms with Gasteiger partial charge in [0, 0.05) is 18.7 Å². The molecule has 0 aliphatic carbocycles. The van der Waals surface area contributed by atoms with Gasteiger partial charge in [-0.05, 0) is 17.9 Å². The second kappa shape index (κ2) is 6.64. The quantitative estimate of drug-likeness (QED) is 0.807. The van der Waals surface area contributed by atoms with Gasteiger partial charge in [-0.25, -0.2) is 0 Å². The van der Waals surface area contributed by atoms with E-state index in [2.05, 4.69) is 32.2 Å². The minimum absolute atomic E-state index is 0.325. The number of benzene rings is 1. The van der Waals surface area contributed by atoms with Crippen molar-refractivity contribution in [1.82, 2.24) is 5.32 Å². The van der Waals surface area contributed by atoms with E-state index in [0.29, 0.717) is 5.41 Å². The smallest absolute Gasteiger partial charge is 0.165 e. The Balaban J connectivity index is 2.67. The van der Waals surface area contributed by atoms with Gasteiger partial charge in [0.25, 0.3) is 0 Å². The van der Waals surface area contributed by atoms with E-state index in [1.807, 2.05) is 12.1 Å². The number of hydrogen-bond donors (Lipinski definition) is 1. The molecule has 0 atom stereocenters. The second-order valence-electron chi connectivity index (χ2n) is 5.27. The van der Waals surface area contributed by atoms with Crippen LogP contribution in [0.5, 0.6) is 11.5 Å². The molecule has 0 aliphatic heterocycles. The van der Waals surface area contributed by atoms with Gasteiger partial charge in [-0.2, -0.15) is 0 Å². The molecule has 0 saturated carbocycles. The monoisotopic (exact) mass is 251 g/mol. The van der Waals surface area contributed by atoms with E-state index in [9.17, 15) is 0 Å². The van der Waals surface area contributed by atoms with Crippen LogP contribution in [0.4, 0.5) is 0 Å². The fourth-order valence-electron chi connectivity index (χ4n) is 1.75. The van der Waals surface area contributed by atoms with Crippen molar-refractivity contribution in [2.75, 3.05) is 20.8 Å². The van der Waals surface area contributed by atoms with E-state index in [4.69, 9.17) is 9.47 Å². The van der Waals surface area contributed by atoms with Crippen molar-refractivity contribution in [1.29, 1.82) is 0 Å². The third-order valence-corrected chi connectivity index (χ3v) is 3.36. The first kappa shape index (κ1) is 14.8. The van der Waals surface area contributed by atoms with E-state index in [0.717, 1.165) is 36.6 Å². The van der Waals surface area contributed by atoms with Gasteiger partial charge in [-0.15, -0.1) is 0 Å². The molecule has 0 radical (unpaired) electrons. The summed E-state index contributed by atoms with van der Waals surface area (Å²) in [5.41, 5.74) is 1.45. The molecule has 0 aliphatic rings. The summed E-state index contributed by atoms with van der Waals surface area (Å²) in [6, 6.07) is 5.97. The Morgan fingerprint density at radius 2 is 1.89 bits per heavy atom. The van der Waals surface area contributed by atoms with Crippen LogP contribution in [0.1, 0.15) is 32.8 Å². The molecule has 0 spiro atoms. The van der Waals surface area contributed by atoms with Crippen molar-refractivity contribution in [3.05, 3.63) is 23.8 Å². The first-order valence-electron chi connectivity index (χ1n) is 6.44. The summed E-state index contributed by atoms with van der Waals surface area (Å²) >= 11 is 0. The van der Waals surface area contributed by atoms with Gasteiger partial charge in [0.1, 0.15) is 0 Å². The van der Waals surface area contributed by atoms with Crippen LogP contribution >= 0.6 is 0 Å². The van der Waals surface area contributed by atoms with Crippen LogP contribution in [0.25, 0.3) is 0 Å². The molecule has 0 unspecified atom stereocenters. The highest BCUT2D eigenvalue weighted by Gasteiger charge is 2.15. The number of hydrogen-bond acceptors (Lipinski definition) is 3. The first-order valence-corrected chi connectivity index (χ1v) is 6.44. The zero-order chi connectivity index (χ0) is 13.6. The summed E-state index contributed by atoms with van der Waals surface area (Å²) in [7, 11) is 3.34. The van der Waals surface area contributed by atoms with Crippen LogP contribution < -0.4 is 14.8 Å². The number of rotatable bonds is 7. The third kappa shape index (κ3) is 3.91. The lowest BCUT2D eigenvalue weighted by Crippen LogP contribution is -2.28. The summed E-state index contributed by atoms with van der Waals surface area (Å²) < 4.78 is 10.7. The van der Waals surface area contributed by atoms with E-state index < -0.39 is 0 Å². The predicted octanol–water partition coefficient (Wildman–Crippen LogP) is 3.23. The number of nitrogens with one attached hydrogen (secondary N) is 1. The molecule has 0 heterocycles. The molecule has 0 aromatic heterocycles. The zero-order valence-electron chi connectivity index (χ0n) is 12.2. The number of methoxy groups -OCH3 is 2. The van der Waals surface area contributed by atoms with E-state index in [1.165, 1.54) is 0 Å². The van der Waals surface area contributed by atoms with Crippen LogP contribution in [0.2, 0.25) is 0 Å². The van der Waals surface area contributed by atoms with Crippen molar-refractivity contribution in [3.63, 3.8) is 0 Å². The van der Waals surface area contributed by atoms with Crippen LogP contribution in [0.3, 0.4) is 0 Å². The Morgan fingerprint density at radius 1 is 1.17 bits per heavy atom. The summed E-state index contributed by atoms with van der Waals surface area (Å²) in [5.74, 6) is 1.60. The summed E-state index contributed by atoms with van der Waals surface area (Å²) in [4.78, 5) is 0. The van der Waals surface area contributed by atoms with Gasteiger partial charge in [0.15, 0.2) is 11.5 Å². The molecular formula is C15H25NO2. The summed E-state index contributed by atoms with van der Waals surface area (Å²) in [6.45, 7) is 8.53. The molecule has 18 heavy (non-hydrogen) atoms.